The van der Waals surface area contributed by atoms with Crippen LogP contribution in [0, 0.1) is 17.0 Å². The number of nitrogens with zero attached hydrogens (tertiary/aromatic N) is 2. The second-order valence-electron chi connectivity index (χ2n) is 7.62. The van der Waals surface area contributed by atoms with Crippen LogP contribution in [0.4, 0.5) is 16.2 Å². The van der Waals surface area contributed by atoms with Gasteiger partial charge in [0.2, 0.25) is 0 Å². The minimum atomic E-state index is -0.901. The number of imide groups is 2. The number of urea groups is 1. The van der Waals surface area contributed by atoms with Crippen LogP contribution in [0.3, 0.4) is 0 Å². The van der Waals surface area contributed by atoms with Crippen LogP contribution in [0.25, 0.3) is 6.08 Å². The van der Waals surface area contributed by atoms with E-state index in [2.05, 4.69) is 21.2 Å². The number of para-hydroxylation sites is 1. The van der Waals surface area contributed by atoms with Crippen molar-refractivity contribution in [1.82, 2.24) is 5.32 Å². The number of non-ortho nitro benzene ring substituents is 1. The van der Waals surface area contributed by atoms with Crippen molar-refractivity contribution in [3.63, 3.8) is 0 Å². The fourth-order valence-corrected chi connectivity index (χ4v) is 3.83. The lowest BCUT2D eigenvalue weighted by Gasteiger charge is -2.27. The highest BCUT2D eigenvalue weighted by Gasteiger charge is 2.37. The fraction of sp³-hybridized carbons (Fsp3) is 0.0400. The lowest BCUT2D eigenvalue weighted by molar-refractivity contribution is -0.384. The number of anilines is 1. The minimum Gasteiger partial charge on any atom is -0.422 e. The molecule has 1 aliphatic heterocycles. The first-order valence-electron chi connectivity index (χ1n) is 10.4. The highest BCUT2D eigenvalue weighted by Crippen LogP contribution is 2.29. The van der Waals surface area contributed by atoms with Gasteiger partial charge in [-0.15, -0.1) is 0 Å². The van der Waals surface area contributed by atoms with Crippen LogP contribution in [-0.4, -0.2) is 28.7 Å². The van der Waals surface area contributed by atoms with E-state index in [1.165, 1.54) is 42.5 Å². The van der Waals surface area contributed by atoms with E-state index in [1.54, 1.807) is 37.3 Å². The average molecular weight is 550 g/mol. The van der Waals surface area contributed by atoms with Crippen molar-refractivity contribution in [1.29, 1.82) is 0 Å². The van der Waals surface area contributed by atoms with Gasteiger partial charge in [0.1, 0.15) is 11.3 Å². The van der Waals surface area contributed by atoms with E-state index in [0.717, 1.165) is 4.90 Å². The molecule has 0 atom stereocenters. The summed E-state index contributed by atoms with van der Waals surface area (Å²) in [5.74, 6) is -2.52. The third-order valence-corrected chi connectivity index (χ3v) is 5.74. The van der Waals surface area contributed by atoms with Gasteiger partial charge in [-0.25, -0.2) is 14.5 Å². The van der Waals surface area contributed by atoms with Crippen LogP contribution in [0.1, 0.15) is 21.5 Å². The molecule has 180 valence electrons. The lowest BCUT2D eigenvalue weighted by atomic mass is 10.0. The number of amides is 4. The first-order chi connectivity index (χ1) is 17.2. The number of aryl methyl sites for hydroxylation is 1. The molecule has 0 bridgehead atoms. The molecule has 4 rings (SSSR count). The topological polar surface area (TPSA) is 136 Å². The molecule has 1 heterocycles. The zero-order chi connectivity index (χ0) is 26.0. The molecule has 3 aromatic rings. The van der Waals surface area contributed by atoms with Gasteiger partial charge in [0.05, 0.1) is 16.2 Å². The largest absolute Gasteiger partial charge is 0.422 e. The standard InChI is InChI=1S/C25H16BrN3O7/c1-14-4-2-3-5-20(14)28-23(31)19(22(30)27-25(28)33)13-16-12-17(26)8-11-21(16)36-24(32)15-6-9-18(10-7-15)29(34)35/h2-13H,1H3,(H,27,30,33)/b19-13-. The molecule has 0 aromatic heterocycles. The van der Waals surface area contributed by atoms with Crippen LogP contribution in [0.15, 0.2) is 76.8 Å². The third kappa shape index (κ3) is 4.91. The van der Waals surface area contributed by atoms with E-state index >= 15 is 0 Å². The molecule has 4 amide bonds. The Kier molecular flexibility index (Phi) is 6.75. The van der Waals surface area contributed by atoms with Crippen molar-refractivity contribution in [2.75, 3.05) is 4.90 Å². The molecule has 11 heteroatoms. The summed E-state index contributed by atoms with van der Waals surface area (Å²) in [5.41, 5.74) is 0.702. The normalized spacial score (nSPS) is 14.6. The van der Waals surface area contributed by atoms with Crippen LogP contribution in [-0.2, 0) is 9.59 Å². The SMILES string of the molecule is Cc1ccccc1N1C(=O)NC(=O)/C(=C/c2cc(Br)ccc2OC(=O)c2ccc([N+](=O)[O-])cc2)C1=O. The third-order valence-electron chi connectivity index (χ3n) is 5.25. The number of nitro groups is 1. The Morgan fingerprint density at radius 2 is 1.75 bits per heavy atom. The monoisotopic (exact) mass is 549 g/mol. The Hall–Kier alpha value is -4.64. The van der Waals surface area contributed by atoms with Gasteiger partial charge in [-0.05, 0) is 55.0 Å². The molecule has 3 aromatic carbocycles. The number of nitrogens with one attached hydrogen (secondary N) is 1. The molecule has 1 N–H and O–H groups in total. The van der Waals surface area contributed by atoms with E-state index in [0.29, 0.717) is 15.7 Å². The number of hydrogen-bond donors (Lipinski definition) is 1. The number of hydrogen-bond acceptors (Lipinski definition) is 7. The number of rotatable bonds is 5. The van der Waals surface area contributed by atoms with Gasteiger partial charge in [-0.2, -0.15) is 0 Å². The Morgan fingerprint density at radius 1 is 1.06 bits per heavy atom. The molecule has 1 aliphatic rings. The summed E-state index contributed by atoms with van der Waals surface area (Å²) in [7, 11) is 0. The molecular formula is C25H16BrN3O7. The van der Waals surface area contributed by atoms with Crippen LogP contribution in [0.5, 0.6) is 5.75 Å². The number of halogens is 1. The van der Waals surface area contributed by atoms with Crippen molar-refractivity contribution < 1.29 is 28.8 Å². The first-order valence-corrected chi connectivity index (χ1v) is 11.2. The van der Waals surface area contributed by atoms with Gasteiger partial charge in [-0.1, -0.05) is 34.1 Å². The maximum absolute atomic E-state index is 13.2. The summed E-state index contributed by atoms with van der Waals surface area (Å²) in [6.07, 6.45) is 1.22. The Bertz CT molecular complexity index is 1460. The predicted molar refractivity (Wildman–Crippen MR) is 132 cm³/mol. The average Bonchev–Trinajstić information content (AvgIpc) is 2.84. The maximum atomic E-state index is 13.2. The molecule has 1 saturated heterocycles. The molecule has 36 heavy (non-hydrogen) atoms. The van der Waals surface area contributed by atoms with E-state index < -0.39 is 28.7 Å². The van der Waals surface area contributed by atoms with Crippen LogP contribution < -0.4 is 15.0 Å². The highest BCUT2D eigenvalue weighted by molar-refractivity contribution is 9.10. The molecular weight excluding hydrogens is 534 g/mol. The fourth-order valence-electron chi connectivity index (χ4n) is 3.45. The van der Waals surface area contributed by atoms with Crippen LogP contribution >= 0.6 is 15.9 Å². The van der Waals surface area contributed by atoms with Gasteiger partial charge < -0.3 is 4.74 Å². The summed E-state index contributed by atoms with van der Waals surface area (Å²) in [5, 5.41) is 13.0. The van der Waals surface area contributed by atoms with Crippen molar-refractivity contribution in [2.45, 2.75) is 6.92 Å². The number of carbonyl (C=O) groups excluding carboxylic acids is 4. The van der Waals surface area contributed by atoms with Gasteiger partial charge in [0.25, 0.3) is 17.5 Å². The molecule has 0 aliphatic carbocycles. The van der Waals surface area contributed by atoms with Crippen molar-refractivity contribution in [2.24, 2.45) is 0 Å². The summed E-state index contributed by atoms with van der Waals surface area (Å²) < 4.78 is 6.02. The van der Waals surface area contributed by atoms with Crippen molar-refractivity contribution in [3.8, 4) is 5.75 Å². The molecule has 0 unspecified atom stereocenters. The molecule has 1 fully saturated rings. The number of benzene rings is 3. The number of esters is 1. The Labute approximate surface area is 212 Å². The van der Waals surface area contributed by atoms with Crippen LogP contribution in [0.2, 0.25) is 0 Å². The summed E-state index contributed by atoms with van der Waals surface area (Å²) in [6, 6.07) is 15.2. The zero-order valence-electron chi connectivity index (χ0n) is 18.6. The van der Waals surface area contributed by atoms with E-state index in [9.17, 15) is 29.3 Å². The van der Waals surface area contributed by atoms with Gasteiger partial charge in [0.15, 0.2) is 0 Å². The summed E-state index contributed by atoms with van der Waals surface area (Å²) in [4.78, 5) is 62.1. The Balaban J connectivity index is 1.69. The van der Waals surface area contributed by atoms with Crippen molar-refractivity contribution in [3.05, 3.63) is 104 Å². The zero-order valence-corrected chi connectivity index (χ0v) is 20.1. The molecule has 0 saturated carbocycles. The molecule has 0 radical (unpaired) electrons. The number of nitro benzene ring substituents is 1. The van der Waals surface area contributed by atoms with Gasteiger partial charge in [0, 0.05) is 22.2 Å². The molecule has 0 spiro atoms. The highest BCUT2D eigenvalue weighted by atomic mass is 79.9. The number of ether oxygens (including phenoxy) is 1. The predicted octanol–water partition coefficient (Wildman–Crippen LogP) is 4.55. The second kappa shape index (κ2) is 9.92. The summed E-state index contributed by atoms with van der Waals surface area (Å²) in [6.45, 7) is 1.72. The molecule has 10 nitrogen and oxygen atoms in total. The lowest BCUT2D eigenvalue weighted by Crippen LogP contribution is -2.54. The first kappa shape index (κ1) is 24.5. The maximum Gasteiger partial charge on any atom is 0.343 e. The Morgan fingerprint density at radius 3 is 2.42 bits per heavy atom. The van der Waals surface area contributed by atoms with Gasteiger partial charge >= 0.3 is 12.0 Å². The number of barbiturate groups is 1. The summed E-state index contributed by atoms with van der Waals surface area (Å²) >= 11 is 3.31. The van der Waals surface area contributed by atoms with E-state index in [1.807, 2.05) is 0 Å². The second-order valence-corrected chi connectivity index (χ2v) is 8.54. The minimum absolute atomic E-state index is 0.0222. The smallest absolute Gasteiger partial charge is 0.343 e. The quantitative estimate of drug-likeness (QED) is 0.123. The van der Waals surface area contributed by atoms with E-state index in [4.69, 9.17) is 4.74 Å². The number of carbonyl (C=O) groups is 4. The van der Waals surface area contributed by atoms with E-state index in [-0.39, 0.29) is 28.1 Å². The van der Waals surface area contributed by atoms with Gasteiger partial charge in [-0.3, -0.25) is 25.0 Å². The van der Waals surface area contributed by atoms with Crippen molar-refractivity contribution >= 4 is 57.2 Å².